The smallest absolute Gasteiger partial charge is 0.237 e. The summed E-state index contributed by atoms with van der Waals surface area (Å²) in [5.74, 6) is 0.135. The zero-order valence-electron chi connectivity index (χ0n) is 13.6. The van der Waals surface area contributed by atoms with Gasteiger partial charge < -0.3 is 0 Å². The summed E-state index contributed by atoms with van der Waals surface area (Å²) < 4.78 is 0. The van der Waals surface area contributed by atoms with Crippen LogP contribution in [0.15, 0.2) is 24.5 Å². The van der Waals surface area contributed by atoms with Gasteiger partial charge in [0.15, 0.2) is 0 Å². The van der Waals surface area contributed by atoms with Crippen LogP contribution in [-0.2, 0) is 9.59 Å². The second-order valence-electron chi connectivity index (χ2n) is 6.25. The maximum atomic E-state index is 12.7. The number of piperidine rings is 1. The van der Waals surface area contributed by atoms with Crippen molar-refractivity contribution in [2.24, 2.45) is 11.8 Å². The van der Waals surface area contributed by atoms with Gasteiger partial charge in [-0.1, -0.05) is 39.5 Å². The standard InChI is InChI=1S/C18H26N2O2/c1-3-4-5-6-8-14(2)16-10-11-17(21)20(18(16)22)15-9-7-12-19-13-15/h7,9,12-14,16H,3-6,8,10-11H2,1-2H3. The minimum atomic E-state index is -0.104. The Kier molecular flexibility index (Phi) is 6.10. The summed E-state index contributed by atoms with van der Waals surface area (Å²) in [6.07, 6.45) is 10.3. The fourth-order valence-corrected chi connectivity index (χ4v) is 3.18. The summed E-state index contributed by atoms with van der Waals surface area (Å²) >= 11 is 0. The fourth-order valence-electron chi connectivity index (χ4n) is 3.18. The van der Waals surface area contributed by atoms with E-state index in [4.69, 9.17) is 0 Å². The molecule has 1 aliphatic heterocycles. The summed E-state index contributed by atoms with van der Waals surface area (Å²) in [7, 11) is 0. The second-order valence-corrected chi connectivity index (χ2v) is 6.25. The molecule has 0 aromatic carbocycles. The van der Waals surface area contributed by atoms with Gasteiger partial charge in [0.1, 0.15) is 0 Å². The second kappa shape index (κ2) is 8.06. The first-order chi connectivity index (χ1) is 10.6. The monoisotopic (exact) mass is 302 g/mol. The molecule has 1 aromatic rings. The van der Waals surface area contributed by atoms with Gasteiger partial charge in [0, 0.05) is 18.5 Å². The zero-order valence-corrected chi connectivity index (χ0v) is 13.6. The summed E-state index contributed by atoms with van der Waals surface area (Å²) in [6.45, 7) is 4.34. The van der Waals surface area contributed by atoms with E-state index in [2.05, 4.69) is 18.8 Å². The van der Waals surface area contributed by atoms with Gasteiger partial charge in [0.25, 0.3) is 0 Å². The van der Waals surface area contributed by atoms with E-state index in [0.717, 1.165) is 6.42 Å². The number of rotatable bonds is 7. The highest BCUT2D eigenvalue weighted by Crippen LogP contribution is 2.31. The molecule has 2 atom stereocenters. The molecular weight excluding hydrogens is 276 g/mol. The average molecular weight is 302 g/mol. The van der Waals surface area contributed by atoms with Gasteiger partial charge in [-0.2, -0.15) is 0 Å². The summed E-state index contributed by atoms with van der Waals surface area (Å²) in [5, 5.41) is 0. The van der Waals surface area contributed by atoms with E-state index in [-0.39, 0.29) is 17.7 Å². The number of hydrogen-bond acceptors (Lipinski definition) is 3. The molecule has 1 aliphatic rings. The van der Waals surface area contributed by atoms with Crippen molar-refractivity contribution < 1.29 is 9.59 Å². The minimum Gasteiger partial charge on any atom is -0.274 e. The van der Waals surface area contributed by atoms with Gasteiger partial charge in [-0.3, -0.25) is 14.6 Å². The molecular formula is C18H26N2O2. The maximum Gasteiger partial charge on any atom is 0.237 e. The lowest BCUT2D eigenvalue weighted by Gasteiger charge is -2.33. The predicted molar refractivity (Wildman–Crippen MR) is 87.4 cm³/mol. The van der Waals surface area contributed by atoms with Crippen LogP contribution in [-0.4, -0.2) is 16.8 Å². The molecule has 4 heteroatoms. The number of pyridine rings is 1. The summed E-state index contributed by atoms with van der Waals surface area (Å²) in [5.41, 5.74) is 0.598. The van der Waals surface area contributed by atoms with E-state index in [1.165, 1.54) is 30.6 Å². The molecule has 22 heavy (non-hydrogen) atoms. The Morgan fingerprint density at radius 1 is 1.32 bits per heavy atom. The first kappa shape index (κ1) is 16.7. The predicted octanol–water partition coefficient (Wildman–Crippen LogP) is 3.96. The van der Waals surface area contributed by atoms with Crippen molar-refractivity contribution in [2.75, 3.05) is 4.90 Å². The van der Waals surface area contributed by atoms with Gasteiger partial charge in [0.05, 0.1) is 11.9 Å². The van der Waals surface area contributed by atoms with Gasteiger partial charge >= 0.3 is 0 Å². The van der Waals surface area contributed by atoms with Crippen LogP contribution < -0.4 is 4.90 Å². The van der Waals surface area contributed by atoms with Crippen molar-refractivity contribution in [3.63, 3.8) is 0 Å². The summed E-state index contributed by atoms with van der Waals surface area (Å²) in [4.78, 5) is 30.3. The number of carbonyl (C=O) groups excluding carboxylic acids is 2. The lowest BCUT2D eigenvalue weighted by atomic mass is 9.82. The number of unbranched alkanes of at least 4 members (excludes halogenated alkanes) is 3. The minimum absolute atomic E-state index is 0.0421. The van der Waals surface area contributed by atoms with Crippen LogP contribution in [0, 0.1) is 11.8 Å². The number of anilines is 1. The maximum absolute atomic E-state index is 12.7. The zero-order chi connectivity index (χ0) is 15.9. The molecule has 1 aromatic heterocycles. The van der Waals surface area contributed by atoms with Crippen LogP contribution in [0.25, 0.3) is 0 Å². The first-order valence-electron chi connectivity index (χ1n) is 8.42. The van der Waals surface area contributed by atoms with Crippen molar-refractivity contribution in [3.05, 3.63) is 24.5 Å². The molecule has 2 amide bonds. The normalized spacial score (nSPS) is 20.3. The Morgan fingerprint density at radius 2 is 2.14 bits per heavy atom. The molecule has 120 valence electrons. The molecule has 4 nitrogen and oxygen atoms in total. The number of carbonyl (C=O) groups is 2. The van der Waals surface area contributed by atoms with Gasteiger partial charge in [-0.05, 0) is 30.9 Å². The Labute approximate surface area is 132 Å². The highest BCUT2D eigenvalue weighted by atomic mass is 16.2. The average Bonchev–Trinajstić information content (AvgIpc) is 2.52. The molecule has 1 fully saturated rings. The molecule has 1 saturated heterocycles. The third kappa shape index (κ3) is 3.93. The Balaban J connectivity index is 2.02. The largest absolute Gasteiger partial charge is 0.274 e. The van der Waals surface area contributed by atoms with Crippen LogP contribution in [0.4, 0.5) is 5.69 Å². The quantitative estimate of drug-likeness (QED) is 0.566. The lowest BCUT2D eigenvalue weighted by molar-refractivity contribution is -0.133. The van der Waals surface area contributed by atoms with E-state index in [0.29, 0.717) is 24.4 Å². The Hall–Kier alpha value is -1.71. The molecule has 0 N–H and O–H groups in total. The van der Waals surface area contributed by atoms with Crippen LogP contribution >= 0.6 is 0 Å². The van der Waals surface area contributed by atoms with E-state index >= 15 is 0 Å². The Bertz CT molecular complexity index is 501. The van der Waals surface area contributed by atoms with E-state index in [9.17, 15) is 9.59 Å². The number of aromatic nitrogens is 1. The molecule has 2 unspecified atom stereocenters. The van der Waals surface area contributed by atoms with E-state index < -0.39 is 0 Å². The molecule has 0 aliphatic carbocycles. The van der Waals surface area contributed by atoms with Crippen molar-refractivity contribution in [2.45, 2.75) is 58.8 Å². The van der Waals surface area contributed by atoms with Crippen LogP contribution in [0.1, 0.15) is 58.8 Å². The van der Waals surface area contributed by atoms with Crippen LogP contribution in [0.3, 0.4) is 0 Å². The highest BCUT2D eigenvalue weighted by molar-refractivity contribution is 6.17. The van der Waals surface area contributed by atoms with E-state index in [1.807, 2.05) is 0 Å². The number of nitrogens with zero attached hydrogens (tertiary/aromatic N) is 2. The van der Waals surface area contributed by atoms with Gasteiger partial charge in [-0.25, -0.2) is 4.90 Å². The molecule has 0 radical (unpaired) electrons. The van der Waals surface area contributed by atoms with Crippen LogP contribution in [0.5, 0.6) is 0 Å². The molecule has 2 heterocycles. The summed E-state index contributed by atoms with van der Waals surface area (Å²) in [6, 6.07) is 3.53. The lowest BCUT2D eigenvalue weighted by Crippen LogP contribution is -2.47. The number of amides is 2. The third-order valence-electron chi connectivity index (χ3n) is 4.56. The van der Waals surface area contributed by atoms with Gasteiger partial charge in [0.2, 0.25) is 11.8 Å². The SMILES string of the molecule is CCCCCCC(C)C1CCC(=O)N(c2cccnc2)C1=O. The highest BCUT2D eigenvalue weighted by Gasteiger charge is 2.37. The van der Waals surface area contributed by atoms with Crippen molar-refractivity contribution >= 4 is 17.5 Å². The van der Waals surface area contributed by atoms with Crippen LogP contribution in [0.2, 0.25) is 0 Å². The Morgan fingerprint density at radius 3 is 2.82 bits per heavy atom. The van der Waals surface area contributed by atoms with Crippen molar-refractivity contribution in [3.8, 4) is 0 Å². The molecule has 0 spiro atoms. The number of imide groups is 1. The first-order valence-corrected chi connectivity index (χ1v) is 8.42. The van der Waals surface area contributed by atoms with Crippen molar-refractivity contribution in [1.29, 1.82) is 0 Å². The van der Waals surface area contributed by atoms with Gasteiger partial charge in [-0.15, -0.1) is 0 Å². The van der Waals surface area contributed by atoms with E-state index in [1.54, 1.807) is 24.5 Å². The molecule has 0 saturated carbocycles. The fraction of sp³-hybridized carbons (Fsp3) is 0.611. The molecule has 2 rings (SSSR count). The van der Waals surface area contributed by atoms with Crippen molar-refractivity contribution in [1.82, 2.24) is 4.98 Å². The third-order valence-corrected chi connectivity index (χ3v) is 4.56. The topological polar surface area (TPSA) is 50.3 Å². The number of hydrogen-bond donors (Lipinski definition) is 0. The molecule has 0 bridgehead atoms.